The Morgan fingerprint density at radius 2 is 1.90 bits per heavy atom. The van der Waals surface area contributed by atoms with Crippen LogP contribution in [0.3, 0.4) is 0 Å². The van der Waals surface area contributed by atoms with Crippen molar-refractivity contribution in [2.45, 2.75) is 59.9 Å². The molecule has 3 nitrogen and oxygen atoms in total. The first-order chi connectivity index (χ1) is 9.42. The van der Waals surface area contributed by atoms with Crippen LogP contribution in [-0.4, -0.2) is 48.8 Å². The van der Waals surface area contributed by atoms with Gasteiger partial charge >= 0.3 is 0 Å². The first-order valence-electron chi connectivity index (χ1n) is 8.48. The molecule has 1 rings (SSSR count). The third-order valence-electron chi connectivity index (χ3n) is 5.03. The molecule has 0 aromatic carbocycles. The average Bonchev–Trinajstić information content (AvgIpc) is 2.39. The molecule has 0 spiro atoms. The fourth-order valence-corrected chi connectivity index (χ4v) is 3.63. The Balaban J connectivity index is 2.67. The van der Waals surface area contributed by atoms with Crippen LogP contribution in [0.25, 0.3) is 0 Å². The predicted molar refractivity (Wildman–Crippen MR) is 87.0 cm³/mol. The second-order valence-electron chi connectivity index (χ2n) is 7.42. The zero-order valence-electron chi connectivity index (χ0n) is 14.3. The van der Waals surface area contributed by atoms with Crippen molar-refractivity contribution in [3.8, 4) is 0 Å². The Morgan fingerprint density at radius 1 is 1.20 bits per heavy atom. The van der Waals surface area contributed by atoms with Crippen molar-refractivity contribution < 1.29 is 5.11 Å². The van der Waals surface area contributed by atoms with Gasteiger partial charge in [0.05, 0.1) is 6.61 Å². The van der Waals surface area contributed by atoms with E-state index in [-0.39, 0.29) is 6.61 Å². The molecule has 0 bridgehead atoms. The summed E-state index contributed by atoms with van der Waals surface area (Å²) < 4.78 is 0. The molecule has 1 aliphatic carbocycles. The van der Waals surface area contributed by atoms with Crippen LogP contribution < -0.4 is 5.32 Å². The smallest absolute Gasteiger partial charge is 0.0558 e. The Hall–Kier alpha value is -0.120. The zero-order valence-corrected chi connectivity index (χ0v) is 14.3. The number of aliphatic hydroxyl groups is 1. The molecule has 3 unspecified atom stereocenters. The van der Waals surface area contributed by atoms with Crippen molar-refractivity contribution in [1.82, 2.24) is 10.2 Å². The van der Waals surface area contributed by atoms with Crippen LogP contribution in [0, 0.1) is 17.3 Å². The minimum absolute atomic E-state index is 0.273. The lowest BCUT2D eigenvalue weighted by Gasteiger charge is -2.43. The summed E-state index contributed by atoms with van der Waals surface area (Å²) in [7, 11) is 0. The highest BCUT2D eigenvalue weighted by atomic mass is 16.3. The summed E-state index contributed by atoms with van der Waals surface area (Å²) in [6.07, 6.45) is 3.98. The Labute approximate surface area is 126 Å². The summed E-state index contributed by atoms with van der Waals surface area (Å²) in [5, 5.41) is 12.9. The van der Waals surface area contributed by atoms with Gasteiger partial charge in [-0.25, -0.2) is 0 Å². The summed E-state index contributed by atoms with van der Waals surface area (Å²) in [6, 6.07) is 0.659. The second kappa shape index (κ2) is 8.35. The number of hydrogen-bond donors (Lipinski definition) is 2. The van der Waals surface area contributed by atoms with Crippen LogP contribution in [0.1, 0.15) is 53.9 Å². The molecule has 20 heavy (non-hydrogen) atoms. The third-order valence-corrected chi connectivity index (χ3v) is 5.03. The molecule has 120 valence electrons. The van der Waals surface area contributed by atoms with Crippen LogP contribution in [-0.2, 0) is 0 Å². The number of aliphatic hydroxyl groups excluding tert-OH is 1. The SMILES string of the molecule is CCNC1CCC(C(C)(C)C)CC1CN(CC)CCO. The number of likely N-dealkylation sites (N-methyl/N-ethyl adjacent to an activating group) is 1. The van der Waals surface area contributed by atoms with E-state index in [1.54, 1.807) is 0 Å². The first-order valence-corrected chi connectivity index (χ1v) is 8.48. The lowest BCUT2D eigenvalue weighted by atomic mass is 9.67. The van der Waals surface area contributed by atoms with Gasteiger partial charge in [0, 0.05) is 19.1 Å². The second-order valence-corrected chi connectivity index (χ2v) is 7.42. The maximum atomic E-state index is 9.19. The average molecular weight is 284 g/mol. The molecule has 1 saturated carbocycles. The minimum Gasteiger partial charge on any atom is -0.395 e. The van der Waals surface area contributed by atoms with E-state index >= 15 is 0 Å². The predicted octanol–water partition coefficient (Wildman–Crippen LogP) is 2.74. The highest BCUT2D eigenvalue weighted by molar-refractivity contribution is 4.90. The highest BCUT2D eigenvalue weighted by Gasteiger charge is 2.35. The van der Waals surface area contributed by atoms with Crippen LogP contribution >= 0.6 is 0 Å². The summed E-state index contributed by atoms with van der Waals surface area (Å²) in [4.78, 5) is 2.40. The molecular formula is C17H36N2O. The molecule has 2 N–H and O–H groups in total. The van der Waals surface area contributed by atoms with Gasteiger partial charge in [0.2, 0.25) is 0 Å². The number of hydrogen-bond acceptors (Lipinski definition) is 3. The monoisotopic (exact) mass is 284 g/mol. The maximum Gasteiger partial charge on any atom is 0.0558 e. The first kappa shape index (κ1) is 17.9. The zero-order chi connectivity index (χ0) is 15.2. The van der Waals surface area contributed by atoms with E-state index in [9.17, 15) is 5.11 Å². The summed E-state index contributed by atoms with van der Waals surface area (Å²) in [5.74, 6) is 1.55. The van der Waals surface area contributed by atoms with E-state index in [1.165, 1.54) is 19.3 Å². The van der Waals surface area contributed by atoms with E-state index in [1.807, 2.05) is 0 Å². The van der Waals surface area contributed by atoms with Crippen molar-refractivity contribution in [1.29, 1.82) is 0 Å². The van der Waals surface area contributed by atoms with Gasteiger partial charge in [-0.1, -0.05) is 34.6 Å². The molecule has 0 aliphatic heterocycles. The van der Waals surface area contributed by atoms with E-state index < -0.39 is 0 Å². The quantitative estimate of drug-likeness (QED) is 0.754. The number of nitrogens with one attached hydrogen (secondary N) is 1. The van der Waals surface area contributed by atoms with E-state index in [0.717, 1.165) is 38.0 Å². The largest absolute Gasteiger partial charge is 0.395 e. The standard InChI is InChI=1S/C17H36N2O/c1-6-18-16-9-8-15(17(3,4)5)12-14(16)13-19(7-2)10-11-20/h14-16,18,20H,6-13H2,1-5H3. The molecule has 0 aromatic heterocycles. The van der Waals surface area contributed by atoms with Gasteiger partial charge in [0.25, 0.3) is 0 Å². The lowest BCUT2D eigenvalue weighted by molar-refractivity contribution is 0.0832. The van der Waals surface area contributed by atoms with Crippen LogP contribution in [0.2, 0.25) is 0 Å². The van der Waals surface area contributed by atoms with Crippen LogP contribution in [0.15, 0.2) is 0 Å². The van der Waals surface area contributed by atoms with Gasteiger partial charge in [0.1, 0.15) is 0 Å². The van der Waals surface area contributed by atoms with Crippen LogP contribution in [0.4, 0.5) is 0 Å². The third kappa shape index (κ3) is 5.34. The fourth-order valence-electron chi connectivity index (χ4n) is 3.63. The fraction of sp³-hybridized carbons (Fsp3) is 1.00. The van der Waals surface area contributed by atoms with Gasteiger partial charge in [-0.05, 0) is 49.6 Å². The van der Waals surface area contributed by atoms with Crippen molar-refractivity contribution in [2.24, 2.45) is 17.3 Å². The number of rotatable bonds is 7. The summed E-state index contributed by atoms with van der Waals surface area (Å²) in [6.45, 7) is 15.9. The molecule has 3 atom stereocenters. The topological polar surface area (TPSA) is 35.5 Å². The highest BCUT2D eigenvalue weighted by Crippen LogP contribution is 2.40. The normalized spacial score (nSPS) is 28.1. The molecule has 0 amide bonds. The Bertz CT molecular complexity index is 262. The van der Waals surface area contributed by atoms with Crippen LogP contribution in [0.5, 0.6) is 0 Å². The molecule has 0 heterocycles. The molecule has 3 heteroatoms. The Morgan fingerprint density at radius 3 is 2.40 bits per heavy atom. The molecule has 1 aliphatic rings. The molecule has 0 radical (unpaired) electrons. The van der Waals surface area contributed by atoms with E-state index in [2.05, 4.69) is 44.8 Å². The maximum absolute atomic E-state index is 9.19. The van der Waals surface area contributed by atoms with Gasteiger partial charge in [-0.2, -0.15) is 0 Å². The summed E-state index contributed by atoms with van der Waals surface area (Å²) in [5.41, 5.74) is 0.420. The van der Waals surface area contributed by atoms with Gasteiger partial charge in [-0.15, -0.1) is 0 Å². The molecule has 0 aromatic rings. The molecular weight excluding hydrogens is 248 g/mol. The van der Waals surface area contributed by atoms with Crippen molar-refractivity contribution in [3.63, 3.8) is 0 Å². The van der Waals surface area contributed by atoms with Crippen molar-refractivity contribution >= 4 is 0 Å². The summed E-state index contributed by atoms with van der Waals surface area (Å²) >= 11 is 0. The number of nitrogens with zero attached hydrogens (tertiary/aromatic N) is 1. The van der Waals surface area contributed by atoms with Crippen molar-refractivity contribution in [2.75, 3.05) is 32.8 Å². The van der Waals surface area contributed by atoms with Gasteiger partial charge in [0.15, 0.2) is 0 Å². The van der Waals surface area contributed by atoms with E-state index in [4.69, 9.17) is 0 Å². The molecule has 0 saturated heterocycles. The van der Waals surface area contributed by atoms with E-state index in [0.29, 0.717) is 11.5 Å². The minimum atomic E-state index is 0.273. The Kier molecular flexibility index (Phi) is 7.49. The van der Waals surface area contributed by atoms with Gasteiger partial charge in [-0.3, -0.25) is 0 Å². The lowest BCUT2D eigenvalue weighted by Crippen LogP contribution is -2.47. The van der Waals surface area contributed by atoms with Gasteiger partial charge < -0.3 is 15.3 Å². The molecule has 1 fully saturated rings. The van der Waals surface area contributed by atoms with Crippen molar-refractivity contribution in [3.05, 3.63) is 0 Å².